The highest BCUT2D eigenvalue weighted by Crippen LogP contribution is 2.29. The summed E-state index contributed by atoms with van der Waals surface area (Å²) >= 11 is 6.39. The van der Waals surface area contributed by atoms with Crippen LogP contribution in [-0.4, -0.2) is 16.6 Å². The molecule has 1 heterocycles. The Balaban J connectivity index is 1.75. The van der Waals surface area contributed by atoms with Gasteiger partial charge >= 0.3 is 0 Å². The lowest BCUT2D eigenvalue weighted by atomic mass is 9.89. The number of carbonyl (C=O) groups is 1. The van der Waals surface area contributed by atoms with Crippen LogP contribution >= 0.6 is 11.6 Å². The second-order valence-corrected chi connectivity index (χ2v) is 7.66. The number of pyridine rings is 1. The van der Waals surface area contributed by atoms with Crippen molar-refractivity contribution in [2.24, 2.45) is 11.0 Å². The Kier molecular flexibility index (Phi) is 5.40. The third-order valence-corrected chi connectivity index (χ3v) is 5.60. The van der Waals surface area contributed by atoms with Crippen molar-refractivity contribution in [3.8, 4) is 11.3 Å². The molecule has 0 aliphatic heterocycles. The first-order valence-corrected chi connectivity index (χ1v) is 10.0. The van der Waals surface area contributed by atoms with Crippen LogP contribution in [0.5, 0.6) is 0 Å². The fourth-order valence-corrected chi connectivity index (χ4v) is 3.89. The number of aromatic nitrogens is 1. The smallest absolute Gasteiger partial charge is 0.267 e. The molecule has 5 heteroatoms. The largest absolute Gasteiger partial charge is 0.272 e. The van der Waals surface area contributed by atoms with Crippen LogP contribution in [0.15, 0.2) is 59.7 Å². The number of hydrogen-bond donors (Lipinski definition) is 1. The maximum absolute atomic E-state index is 13.0. The number of halogens is 1. The first kappa shape index (κ1) is 18.6. The van der Waals surface area contributed by atoms with E-state index in [1.807, 2.05) is 48.5 Å². The number of carbonyl (C=O) groups excluding carboxylic acids is 1. The van der Waals surface area contributed by atoms with E-state index in [2.05, 4.69) is 17.5 Å². The van der Waals surface area contributed by atoms with E-state index in [4.69, 9.17) is 16.6 Å². The average Bonchev–Trinajstić information content (AvgIpc) is 2.73. The molecule has 4 rings (SSSR count). The number of rotatable bonds is 3. The molecule has 0 saturated heterocycles. The van der Waals surface area contributed by atoms with Gasteiger partial charge in [-0.25, -0.2) is 10.4 Å². The predicted molar refractivity (Wildman–Crippen MR) is 115 cm³/mol. The van der Waals surface area contributed by atoms with Crippen molar-refractivity contribution >= 4 is 34.1 Å². The lowest BCUT2D eigenvalue weighted by Gasteiger charge is -2.20. The molecule has 0 spiro atoms. The highest BCUT2D eigenvalue weighted by molar-refractivity contribution is 6.35. The van der Waals surface area contributed by atoms with Gasteiger partial charge in [-0.2, -0.15) is 5.10 Å². The van der Waals surface area contributed by atoms with Gasteiger partial charge in [0.15, 0.2) is 0 Å². The first-order chi connectivity index (χ1) is 13.6. The standard InChI is InChI=1S/C23H22ClN3O/c1-15-8-5-6-13-20(15)26-27-23(28)18-14-21(16-9-3-2-4-10-16)25-22-17(18)11-7-12-19(22)24/h2-4,7,9-12,14-15H,5-6,8,13H2,1H3,(H,27,28)/b26-20+. The van der Waals surface area contributed by atoms with Gasteiger partial charge in [0.05, 0.1) is 21.8 Å². The molecule has 1 saturated carbocycles. The van der Waals surface area contributed by atoms with Gasteiger partial charge in [-0.05, 0) is 37.3 Å². The lowest BCUT2D eigenvalue weighted by Crippen LogP contribution is -2.24. The third kappa shape index (κ3) is 3.78. The zero-order chi connectivity index (χ0) is 19.5. The Morgan fingerprint density at radius 3 is 2.75 bits per heavy atom. The normalized spacial score (nSPS) is 18.4. The van der Waals surface area contributed by atoms with E-state index in [1.165, 1.54) is 6.42 Å². The molecule has 3 aromatic rings. The number of para-hydroxylation sites is 1. The summed E-state index contributed by atoms with van der Waals surface area (Å²) in [5, 5.41) is 5.68. The Hall–Kier alpha value is -2.72. The van der Waals surface area contributed by atoms with Crippen molar-refractivity contribution in [1.82, 2.24) is 10.4 Å². The number of fused-ring (bicyclic) bond motifs is 1. The topological polar surface area (TPSA) is 54.4 Å². The number of nitrogens with zero attached hydrogens (tertiary/aromatic N) is 2. The molecule has 1 atom stereocenters. The molecular formula is C23H22ClN3O. The van der Waals surface area contributed by atoms with E-state index in [1.54, 1.807) is 6.07 Å². The van der Waals surface area contributed by atoms with E-state index in [0.29, 0.717) is 27.7 Å². The maximum atomic E-state index is 13.0. The second-order valence-electron chi connectivity index (χ2n) is 7.25. The summed E-state index contributed by atoms with van der Waals surface area (Å²) < 4.78 is 0. The third-order valence-electron chi connectivity index (χ3n) is 5.29. The number of nitrogens with one attached hydrogen (secondary N) is 1. The Labute approximate surface area is 169 Å². The molecule has 4 nitrogen and oxygen atoms in total. The van der Waals surface area contributed by atoms with Crippen molar-refractivity contribution in [2.75, 3.05) is 0 Å². The minimum absolute atomic E-state index is 0.239. The molecular weight excluding hydrogens is 370 g/mol. The average molecular weight is 392 g/mol. The van der Waals surface area contributed by atoms with Gasteiger partial charge in [0, 0.05) is 16.7 Å². The van der Waals surface area contributed by atoms with E-state index < -0.39 is 0 Å². The number of benzene rings is 2. The predicted octanol–water partition coefficient (Wildman–Crippen LogP) is 5.85. The monoisotopic (exact) mass is 391 g/mol. The van der Waals surface area contributed by atoms with Crippen molar-refractivity contribution in [1.29, 1.82) is 0 Å². The molecule has 1 unspecified atom stereocenters. The van der Waals surface area contributed by atoms with Crippen LogP contribution in [-0.2, 0) is 0 Å². The highest BCUT2D eigenvalue weighted by atomic mass is 35.5. The van der Waals surface area contributed by atoms with Gasteiger partial charge in [0.1, 0.15) is 0 Å². The van der Waals surface area contributed by atoms with Gasteiger partial charge in [-0.15, -0.1) is 0 Å². The van der Waals surface area contributed by atoms with Gasteiger partial charge in [0.2, 0.25) is 0 Å². The van der Waals surface area contributed by atoms with E-state index >= 15 is 0 Å². The summed E-state index contributed by atoms with van der Waals surface area (Å²) in [6, 6.07) is 17.1. The quantitative estimate of drug-likeness (QED) is 0.569. The minimum Gasteiger partial charge on any atom is -0.267 e. The zero-order valence-corrected chi connectivity index (χ0v) is 16.5. The summed E-state index contributed by atoms with van der Waals surface area (Å²) in [5.41, 5.74) is 6.63. The van der Waals surface area contributed by atoms with Crippen LogP contribution in [0.25, 0.3) is 22.2 Å². The molecule has 0 bridgehead atoms. The molecule has 1 aliphatic carbocycles. The highest BCUT2D eigenvalue weighted by Gasteiger charge is 2.18. The summed E-state index contributed by atoms with van der Waals surface area (Å²) in [5.74, 6) is 0.176. The zero-order valence-electron chi connectivity index (χ0n) is 15.8. The summed E-state index contributed by atoms with van der Waals surface area (Å²) in [4.78, 5) is 17.7. The van der Waals surface area contributed by atoms with Crippen LogP contribution in [0.4, 0.5) is 0 Å². The van der Waals surface area contributed by atoms with Crippen molar-refractivity contribution < 1.29 is 4.79 Å². The van der Waals surface area contributed by atoms with Crippen LogP contribution < -0.4 is 5.43 Å². The molecule has 1 amide bonds. The van der Waals surface area contributed by atoms with Gasteiger partial charge in [-0.3, -0.25) is 4.79 Å². The van der Waals surface area contributed by atoms with E-state index in [9.17, 15) is 4.79 Å². The fraction of sp³-hybridized carbons (Fsp3) is 0.261. The van der Waals surface area contributed by atoms with Gasteiger partial charge < -0.3 is 0 Å². The molecule has 1 N–H and O–H groups in total. The van der Waals surface area contributed by atoms with E-state index in [0.717, 1.165) is 35.9 Å². The van der Waals surface area contributed by atoms with Crippen molar-refractivity contribution in [3.05, 3.63) is 65.2 Å². The summed E-state index contributed by atoms with van der Waals surface area (Å²) in [7, 11) is 0. The lowest BCUT2D eigenvalue weighted by molar-refractivity contribution is 0.0956. The second kappa shape index (κ2) is 8.11. The SMILES string of the molecule is CC1CCCC/C1=N\NC(=O)c1cc(-c2ccccc2)nc2c(Cl)cccc12. The van der Waals surface area contributed by atoms with Gasteiger partial charge in [-0.1, -0.05) is 67.4 Å². The summed E-state index contributed by atoms with van der Waals surface area (Å²) in [6.45, 7) is 2.17. The van der Waals surface area contributed by atoms with Crippen LogP contribution in [0, 0.1) is 5.92 Å². The van der Waals surface area contributed by atoms with E-state index in [-0.39, 0.29) is 5.91 Å². The molecule has 1 aromatic heterocycles. The molecule has 1 fully saturated rings. The van der Waals surface area contributed by atoms with Crippen molar-refractivity contribution in [2.45, 2.75) is 32.6 Å². The molecule has 28 heavy (non-hydrogen) atoms. The number of hydrogen-bond acceptors (Lipinski definition) is 3. The number of amides is 1. The number of hydrazone groups is 1. The van der Waals surface area contributed by atoms with Gasteiger partial charge in [0.25, 0.3) is 5.91 Å². The molecule has 142 valence electrons. The van der Waals surface area contributed by atoms with Crippen LogP contribution in [0.2, 0.25) is 5.02 Å². The Bertz CT molecular complexity index is 1050. The van der Waals surface area contributed by atoms with Crippen LogP contribution in [0.3, 0.4) is 0 Å². The molecule has 0 radical (unpaired) electrons. The molecule has 2 aromatic carbocycles. The maximum Gasteiger partial charge on any atom is 0.272 e. The molecule has 1 aliphatic rings. The minimum atomic E-state index is -0.239. The Morgan fingerprint density at radius 2 is 1.96 bits per heavy atom. The van der Waals surface area contributed by atoms with Crippen molar-refractivity contribution in [3.63, 3.8) is 0 Å². The summed E-state index contributed by atoms with van der Waals surface area (Å²) in [6.07, 6.45) is 4.42. The fourth-order valence-electron chi connectivity index (χ4n) is 3.68. The first-order valence-electron chi connectivity index (χ1n) is 9.65. The Morgan fingerprint density at radius 1 is 1.14 bits per heavy atom. The van der Waals surface area contributed by atoms with Crippen LogP contribution in [0.1, 0.15) is 43.0 Å².